The second kappa shape index (κ2) is 6.61. The maximum absolute atomic E-state index is 5.80. The molecular formula is C18H14OTe. The van der Waals surface area contributed by atoms with Gasteiger partial charge in [-0.15, -0.1) is 0 Å². The van der Waals surface area contributed by atoms with Gasteiger partial charge in [0.25, 0.3) is 0 Å². The van der Waals surface area contributed by atoms with E-state index in [1.54, 1.807) is 0 Å². The Balaban J connectivity index is 1.69. The van der Waals surface area contributed by atoms with Crippen LogP contribution in [0.5, 0.6) is 11.5 Å². The van der Waals surface area contributed by atoms with Gasteiger partial charge in [-0.2, -0.15) is 0 Å². The Morgan fingerprint density at radius 3 is 1.65 bits per heavy atom. The average molecular weight is 374 g/mol. The first-order chi connectivity index (χ1) is 9.90. The molecule has 0 saturated carbocycles. The van der Waals surface area contributed by atoms with Crippen molar-refractivity contribution in [1.82, 2.24) is 0 Å². The van der Waals surface area contributed by atoms with E-state index in [4.69, 9.17) is 4.74 Å². The fourth-order valence-electron chi connectivity index (χ4n) is 1.82. The summed E-state index contributed by atoms with van der Waals surface area (Å²) in [6, 6.07) is 29.0. The van der Waals surface area contributed by atoms with Gasteiger partial charge in [-0.05, 0) is 0 Å². The van der Waals surface area contributed by atoms with Crippen molar-refractivity contribution < 1.29 is 4.74 Å². The van der Waals surface area contributed by atoms with Crippen LogP contribution in [0.25, 0.3) is 0 Å². The molecule has 0 atom stereocenters. The molecule has 0 aromatic heterocycles. The van der Waals surface area contributed by atoms with Gasteiger partial charge in [-0.25, -0.2) is 0 Å². The van der Waals surface area contributed by atoms with Gasteiger partial charge in [-0.3, -0.25) is 0 Å². The van der Waals surface area contributed by atoms with Crippen molar-refractivity contribution in [3.8, 4) is 11.5 Å². The second-order valence-electron chi connectivity index (χ2n) is 4.30. The molecular weight excluding hydrogens is 360 g/mol. The van der Waals surface area contributed by atoms with Crippen LogP contribution in [-0.4, -0.2) is 20.9 Å². The molecule has 0 N–H and O–H groups in total. The van der Waals surface area contributed by atoms with Crippen LogP contribution >= 0.6 is 0 Å². The molecule has 0 unspecified atom stereocenters. The Labute approximate surface area is 129 Å². The quantitative estimate of drug-likeness (QED) is 0.638. The third-order valence-electron chi connectivity index (χ3n) is 2.78. The van der Waals surface area contributed by atoms with E-state index < -0.39 is 0 Å². The Morgan fingerprint density at radius 1 is 0.500 bits per heavy atom. The van der Waals surface area contributed by atoms with Crippen molar-refractivity contribution in [2.45, 2.75) is 0 Å². The summed E-state index contributed by atoms with van der Waals surface area (Å²) in [5.41, 5.74) is 0. The summed E-state index contributed by atoms with van der Waals surface area (Å²) in [4.78, 5) is 0. The third kappa shape index (κ3) is 3.63. The Morgan fingerprint density at radius 2 is 1.00 bits per heavy atom. The topological polar surface area (TPSA) is 9.23 Å². The van der Waals surface area contributed by atoms with Gasteiger partial charge in [-0.1, -0.05) is 0 Å². The molecule has 20 heavy (non-hydrogen) atoms. The zero-order valence-corrected chi connectivity index (χ0v) is 13.2. The van der Waals surface area contributed by atoms with Gasteiger partial charge >= 0.3 is 129 Å². The Hall–Kier alpha value is -1.75. The molecule has 3 aromatic carbocycles. The number of para-hydroxylation sites is 1. The summed E-state index contributed by atoms with van der Waals surface area (Å²) in [5, 5.41) is 0. The molecule has 2 heteroatoms. The van der Waals surface area contributed by atoms with Gasteiger partial charge < -0.3 is 0 Å². The third-order valence-corrected chi connectivity index (χ3v) is 5.68. The first-order valence-corrected chi connectivity index (χ1v) is 8.79. The average Bonchev–Trinajstić information content (AvgIpc) is 2.51. The van der Waals surface area contributed by atoms with E-state index in [0.29, 0.717) is 0 Å². The molecule has 3 aromatic rings. The Kier molecular flexibility index (Phi) is 4.38. The first kappa shape index (κ1) is 13.2. The van der Waals surface area contributed by atoms with Gasteiger partial charge in [0.2, 0.25) is 0 Å². The van der Waals surface area contributed by atoms with E-state index in [-0.39, 0.29) is 20.9 Å². The molecule has 0 aliphatic rings. The minimum absolute atomic E-state index is 0.291. The number of hydrogen-bond donors (Lipinski definition) is 0. The zero-order valence-electron chi connectivity index (χ0n) is 10.9. The van der Waals surface area contributed by atoms with Crippen molar-refractivity contribution in [3.63, 3.8) is 0 Å². The van der Waals surface area contributed by atoms with E-state index in [0.717, 1.165) is 11.5 Å². The van der Waals surface area contributed by atoms with Crippen LogP contribution < -0.4 is 12.0 Å². The normalized spacial score (nSPS) is 10.2. The fourth-order valence-corrected chi connectivity index (χ4v) is 4.22. The van der Waals surface area contributed by atoms with Crippen LogP contribution in [0.2, 0.25) is 0 Å². The predicted molar refractivity (Wildman–Crippen MR) is 84.4 cm³/mol. The molecule has 0 aliphatic carbocycles. The molecule has 0 aliphatic heterocycles. The van der Waals surface area contributed by atoms with Gasteiger partial charge in [0.1, 0.15) is 0 Å². The van der Waals surface area contributed by atoms with Crippen LogP contribution in [0.15, 0.2) is 84.9 Å². The molecule has 0 heterocycles. The molecule has 0 bridgehead atoms. The Bertz CT molecular complexity index is 588. The maximum atomic E-state index is 5.80. The van der Waals surface area contributed by atoms with Gasteiger partial charge in [0.05, 0.1) is 0 Å². The molecule has 0 radical (unpaired) electrons. The van der Waals surface area contributed by atoms with Crippen LogP contribution in [0.4, 0.5) is 0 Å². The predicted octanol–water partition coefficient (Wildman–Crippen LogP) is 3.13. The number of ether oxygens (including phenoxy) is 1. The molecule has 3 rings (SSSR count). The molecule has 0 fully saturated rings. The van der Waals surface area contributed by atoms with Crippen LogP contribution in [0, 0.1) is 0 Å². The second-order valence-corrected chi connectivity index (χ2v) is 7.58. The molecule has 98 valence electrons. The van der Waals surface area contributed by atoms with Gasteiger partial charge in [0.15, 0.2) is 0 Å². The van der Waals surface area contributed by atoms with Crippen molar-refractivity contribution in [3.05, 3.63) is 84.9 Å². The minimum atomic E-state index is -0.291. The van der Waals surface area contributed by atoms with Crippen molar-refractivity contribution in [1.29, 1.82) is 0 Å². The monoisotopic (exact) mass is 376 g/mol. The van der Waals surface area contributed by atoms with E-state index >= 15 is 0 Å². The van der Waals surface area contributed by atoms with Crippen molar-refractivity contribution in [2.75, 3.05) is 0 Å². The van der Waals surface area contributed by atoms with Crippen molar-refractivity contribution in [2.24, 2.45) is 0 Å². The molecule has 0 saturated heterocycles. The fraction of sp³-hybridized carbons (Fsp3) is 0. The summed E-state index contributed by atoms with van der Waals surface area (Å²) >= 11 is -0.291. The van der Waals surface area contributed by atoms with Crippen LogP contribution in [-0.2, 0) is 0 Å². The number of rotatable bonds is 4. The number of hydrogen-bond acceptors (Lipinski definition) is 1. The summed E-state index contributed by atoms with van der Waals surface area (Å²) < 4.78 is 8.67. The molecule has 1 nitrogen and oxygen atoms in total. The SMILES string of the molecule is c1ccc(Oc2ccc([Te]c3ccccc3)cc2)cc1. The van der Waals surface area contributed by atoms with Crippen LogP contribution in [0.1, 0.15) is 0 Å². The standard InChI is InChI=1S/C18H14OTe/c1-3-7-15(8-4-1)19-16-11-13-18(14-12-16)20-17-9-5-2-6-10-17/h1-14H. The van der Waals surface area contributed by atoms with E-state index in [9.17, 15) is 0 Å². The van der Waals surface area contributed by atoms with Crippen molar-refractivity contribution >= 4 is 28.1 Å². The first-order valence-electron chi connectivity index (χ1n) is 6.46. The zero-order chi connectivity index (χ0) is 13.6. The summed E-state index contributed by atoms with van der Waals surface area (Å²) in [7, 11) is 0. The summed E-state index contributed by atoms with van der Waals surface area (Å²) in [6.07, 6.45) is 0. The molecule has 0 amide bonds. The summed E-state index contributed by atoms with van der Waals surface area (Å²) in [6.45, 7) is 0. The number of benzene rings is 3. The van der Waals surface area contributed by atoms with Crippen LogP contribution in [0.3, 0.4) is 0 Å². The molecule has 0 spiro atoms. The van der Waals surface area contributed by atoms with E-state index in [2.05, 4.69) is 54.6 Å². The van der Waals surface area contributed by atoms with E-state index in [1.807, 2.05) is 30.3 Å². The van der Waals surface area contributed by atoms with E-state index in [1.165, 1.54) is 7.22 Å². The summed E-state index contributed by atoms with van der Waals surface area (Å²) in [5.74, 6) is 1.76. The van der Waals surface area contributed by atoms with Gasteiger partial charge in [0, 0.05) is 0 Å².